The van der Waals surface area contributed by atoms with Crippen molar-refractivity contribution in [3.05, 3.63) is 42.0 Å². The Kier molecular flexibility index (Phi) is 8.48. The van der Waals surface area contributed by atoms with Crippen molar-refractivity contribution in [2.75, 3.05) is 41.3 Å². The van der Waals surface area contributed by atoms with Crippen molar-refractivity contribution in [2.45, 2.75) is 89.5 Å². The molecule has 3 aliphatic rings. The number of thiocarbonyl (C=S) groups is 1. The maximum Gasteiger partial charge on any atom is 0.232 e. The second-order valence-electron chi connectivity index (χ2n) is 11.7. The largest absolute Gasteiger partial charge is 0.361 e. The fourth-order valence-corrected chi connectivity index (χ4v) is 6.77. The van der Waals surface area contributed by atoms with Crippen LogP contribution in [0, 0.1) is 5.92 Å². The molecule has 0 unspecified atom stereocenters. The highest BCUT2D eigenvalue weighted by Gasteiger charge is 2.34. The lowest BCUT2D eigenvalue weighted by atomic mass is 9.69. The summed E-state index contributed by atoms with van der Waals surface area (Å²) >= 11 is 5.82. The van der Waals surface area contributed by atoms with Gasteiger partial charge in [0.25, 0.3) is 0 Å². The molecule has 37 heavy (non-hydrogen) atoms. The van der Waals surface area contributed by atoms with E-state index in [2.05, 4.69) is 70.7 Å². The highest BCUT2D eigenvalue weighted by molar-refractivity contribution is 7.80. The van der Waals surface area contributed by atoms with E-state index in [0.717, 1.165) is 37.8 Å². The summed E-state index contributed by atoms with van der Waals surface area (Å²) in [6.07, 6.45) is 12.5. The van der Waals surface area contributed by atoms with Gasteiger partial charge >= 0.3 is 0 Å². The van der Waals surface area contributed by atoms with E-state index < -0.39 is 0 Å². The monoisotopic (exact) mass is 520 g/mol. The summed E-state index contributed by atoms with van der Waals surface area (Å²) in [5, 5.41) is 7.56. The van der Waals surface area contributed by atoms with E-state index in [0.29, 0.717) is 23.0 Å². The fourth-order valence-electron chi connectivity index (χ4n) is 6.61. The van der Waals surface area contributed by atoms with Gasteiger partial charge in [-0.05, 0) is 75.6 Å². The fraction of sp³-hybridized carbons (Fsp3) is 0.633. The van der Waals surface area contributed by atoms with Gasteiger partial charge < -0.3 is 20.4 Å². The molecule has 2 saturated heterocycles. The van der Waals surface area contributed by atoms with Crippen LogP contribution >= 0.6 is 12.2 Å². The van der Waals surface area contributed by atoms with E-state index in [-0.39, 0.29) is 5.41 Å². The van der Waals surface area contributed by atoms with Crippen LogP contribution in [0.2, 0.25) is 0 Å². The molecule has 1 aliphatic carbocycles. The van der Waals surface area contributed by atoms with Crippen molar-refractivity contribution in [3.8, 4) is 0 Å². The molecule has 1 saturated carbocycles. The highest BCUT2D eigenvalue weighted by atomic mass is 32.1. The standard InChI is InChI=1S/C30H44N6S/c1-23-12-11-18-35(21-23)26-20-27(36-19-10-7-13-24(36)2)33-28(32-26)34-29(37)31-22-30(16-8-4-9-17-30)25-14-5-3-6-15-25/h3,5-6,14-15,20,23-24H,4,7-13,16-19,21-22H2,1-2H3,(H2,31,32,33,34,37)/t23-,24+/m1/s1. The minimum absolute atomic E-state index is 0.131. The molecule has 0 bridgehead atoms. The first kappa shape index (κ1) is 26.2. The molecule has 6 nitrogen and oxygen atoms in total. The molecule has 200 valence electrons. The van der Waals surface area contributed by atoms with Crippen molar-refractivity contribution < 1.29 is 0 Å². The van der Waals surface area contributed by atoms with Gasteiger partial charge in [-0.25, -0.2) is 0 Å². The summed E-state index contributed by atoms with van der Waals surface area (Å²) in [5.41, 5.74) is 1.55. The van der Waals surface area contributed by atoms with Gasteiger partial charge in [0.1, 0.15) is 11.6 Å². The van der Waals surface area contributed by atoms with E-state index in [9.17, 15) is 0 Å². The molecule has 3 heterocycles. The number of piperidine rings is 2. The van der Waals surface area contributed by atoms with Crippen LogP contribution < -0.4 is 20.4 Å². The number of hydrogen-bond donors (Lipinski definition) is 2. The Morgan fingerprint density at radius 3 is 2.49 bits per heavy atom. The predicted octanol–water partition coefficient (Wildman–Crippen LogP) is 6.28. The number of benzene rings is 1. The van der Waals surface area contributed by atoms with E-state index in [1.54, 1.807) is 0 Å². The molecule has 5 rings (SSSR count). The summed E-state index contributed by atoms with van der Waals surface area (Å²) in [7, 11) is 0. The maximum atomic E-state index is 5.82. The quantitative estimate of drug-likeness (QED) is 0.435. The van der Waals surface area contributed by atoms with Crippen LogP contribution in [0.4, 0.5) is 17.6 Å². The molecule has 1 aromatic heterocycles. The summed E-state index contributed by atoms with van der Waals surface area (Å²) in [6, 6.07) is 13.7. The van der Waals surface area contributed by atoms with Crippen molar-refractivity contribution in [3.63, 3.8) is 0 Å². The minimum atomic E-state index is 0.131. The summed E-state index contributed by atoms with van der Waals surface area (Å²) < 4.78 is 0. The van der Waals surface area contributed by atoms with E-state index in [1.165, 1.54) is 69.8 Å². The molecule has 0 radical (unpaired) electrons. The zero-order valence-electron chi connectivity index (χ0n) is 22.7. The first-order chi connectivity index (χ1) is 18.0. The molecule has 1 aromatic carbocycles. The third-order valence-corrected chi connectivity index (χ3v) is 9.03. The van der Waals surface area contributed by atoms with Crippen LogP contribution in [0.3, 0.4) is 0 Å². The number of rotatable bonds is 6. The Labute approximate surface area is 228 Å². The highest BCUT2D eigenvalue weighted by Crippen LogP contribution is 2.39. The topological polar surface area (TPSA) is 56.3 Å². The van der Waals surface area contributed by atoms with Crippen LogP contribution in [-0.4, -0.2) is 47.3 Å². The van der Waals surface area contributed by atoms with Crippen LogP contribution in [0.1, 0.15) is 83.6 Å². The van der Waals surface area contributed by atoms with Crippen molar-refractivity contribution in [2.24, 2.45) is 5.92 Å². The minimum Gasteiger partial charge on any atom is -0.361 e. The van der Waals surface area contributed by atoms with E-state index in [4.69, 9.17) is 22.2 Å². The molecular formula is C30H44N6S. The van der Waals surface area contributed by atoms with Gasteiger partial charge in [-0.2, -0.15) is 9.97 Å². The number of aromatic nitrogens is 2. The number of nitrogens with one attached hydrogen (secondary N) is 2. The molecule has 3 fully saturated rings. The van der Waals surface area contributed by atoms with Gasteiger partial charge in [0.2, 0.25) is 5.95 Å². The first-order valence-electron chi connectivity index (χ1n) is 14.5. The average molecular weight is 521 g/mol. The average Bonchev–Trinajstić information content (AvgIpc) is 2.93. The summed E-state index contributed by atoms with van der Waals surface area (Å²) in [6.45, 7) is 8.65. The molecule has 2 aromatic rings. The van der Waals surface area contributed by atoms with E-state index >= 15 is 0 Å². The lowest BCUT2D eigenvalue weighted by Crippen LogP contribution is -2.44. The molecule has 2 N–H and O–H groups in total. The molecule has 7 heteroatoms. The smallest absolute Gasteiger partial charge is 0.232 e. The zero-order valence-corrected chi connectivity index (χ0v) is 23.5. The summed E-state index contributed by atoms with van der Waals surface area (Å²) in [4.78, 5) is 14.8. The van der Waals surface area contributed by atoms with Gasteiger partial charge in [-0.1, -0.05) is 56.5 Å². The van der Waals surface area contributed by atoms with Crippen LogP contribution in [0.25, 0.3) is 0 Å². The van der Waals surface area contributed by atoms with Gasteiger partial charge in [-0.15, -0.1) is 0 Å². The van der Waals surface area contributed by atoms with Gasteiger partial charge in [0.15, 0.2) is 5.11 Å². The van der Waals surface area contributed by atoms with Gasteiger partial charge in [0.05, 0.1) is 0 Å². The van der Waals surface area contributed by atoms with Crippen molar-refractivity contribution in [1.29, 1.82) is 0 Å². The number of anilines is 3. The normalized spacial score (nSPS) is 23.9. The Bertz CT molecular complexity index is 1040. The molecule has 2 aliphatic heterocycles. The lowest BCUT2D eigenvalue weighted by Gasteiger charge is -2.38. The summed E-state index contributed by atoms with van der Waals surface area (Å²) in [5.74, 6) is 3.34. The predicted molar refractivity (Wildman–Crippen MR) is 159 cm³/mol. The van der Waals surface area contributed by atoms with E-state index in [1.807, 2.05) is 0 Å². The second-order valence-corrected chi connectivity index (χ2v) is 12.1. The van der Waals surface area contributed by atoms with Gasteiger partial charge in [-0.3, -0.25) is 0 Å². The first-order valence-corrected chi connectivity index (χ1v) is 14.9. The number of nitrogens with zero attached hydrogens (tertiary/aromatic N) is 4. The van der Waals surface area contributed by atoms with Crippen LogP contribution in [0.5, 0.6) is 0 Å². The maximum absolute atomic E-state index is 5.82. The lowest BCUT2D eigenvalue weighted by molar-refractivity contribution is 0.292. The van der Waals surface area contributed by atoms with Gasteiger partial charge in [0, 0.05) is 43.7 Å². The van der Waals surface area contributed by atoms with Crippen LogP contribution in [-0.2, 0) is 5.41 Å². The Hall–Kier alpha value is -2.41. The Morgan fingerprint density at radius 1 is 0.946 bits per heavy atom. The second kappa shape index (κ2) is 12.0. The zero-order chi connectivity index (χ0) is 25.7. The molecule has 0 spiro atoms. The third-order valence-electron chi connectivity index (χ3n) is 8.79. The SMILES string of the molecule is C[C@@H]1CCCN(c2cc(N3CCCC[C@@H]3C)nc(NC(=S)NCC3(c4ccccc4)CCCCC3)n2)C1. The molecule has 0 amide bonds. The number of hydrogen-bond acceptors (Lipinski definition) is 5. The molecular weight excluding hydrogens is 476 g/mol. The molecule has 2 atom stereocenters. The van der Waals surface area contributed by atoms with Crippen molar-refractivity contribution >= 4 is 34.9 Å². The Balaban J connectivity index is 1.34. The Morgan fingerprint density at radius 2 is 1.73 bits per heavy atom. The van der Waals surface area contributed by atoms with Crippen LogP contribution in [0.15, 0.2) is 36.4 Å². The van der Waals surface area contributed by atoms with Crippen molar-refractivity contribution in [1.82, 2.24) is 15.3 Å². The third kappa shape index (κ3) is 6.36.